The first kappa shape index (κ1) is 30.8. The van der Waals surface area contributed by atoms with Gasteiger partial charge in [-0.2, -0.15) is 5.26 Å². The summed E-state index contributed by atoms with van der Waals surface area (Å²) in [5.74, 6) is 0.569. The van der Waals surface area contributed by atoms with E-state index in [4.69, 9.17) is 14.0 Å². The molecule has 3 saturated carbocycles. The highest BCUT2D eigenvalue weighted by Crippen LogP contribution is 2.65. The normalized spacial score (nSPS) is 30.5. The van der Waals surface area contributed by atoms with Crippen LogP contribution in [0.15, 0.2) is 42.0 Å². The average Bonchev–Trinajstić information content (AvgIpc) is 3.57. The summed E-state index contributed by atoms with van der Waals surface area (Å²) in [4.78, 5) is 27.8. The Labute approximate surface area is 251 Å². The van der Waals surface area contributed by atoms with Crippen molar-refractivity contribution < 1.29 is 23.6 Å². The van der Waals surface area contributed by atoms with Crippen LogP contribution in [0.4, 0.5) is 0 Å². The molecular weight excluding hydrogens is 529 g/mol. The summed E-state index contributed by atoms with van der Waals surface area (Å²) in [5, 5.41) is 12.7. The molecule has 6 rings (SSSR count). The molecule has 0 radical (unpaired) electrons. The minimum atomic E-state index is -0.508. The van der Waals surface area contributed by atoms with Gasteiger partial charge in [0, 0.05) is 13.0 Å². The summed E-state index contributed by atoms with van der Waals surface area (Å²) in [5.41, 5.74) is 1.21. The van der Waals surface area contributed by atoms with Crippen molar-refractivity contribution in [3.05, 3.63) is 47.5 Å². The van der Waals surface area contributed by atoms with Crippen LogP contribution < -0.4 is 5.32 Å². The Morgan fingerprint density at radius 2 is 2.00 bits per heavy atom. The fraction of sp³-hybridized carbons (Fsp3) is 0.667. The van der Waals surface area contributed by atoms with Gasteiger partial charge in [-0.3, -0.25) is 9.59 Å². The second-order valence-electron chi connectivity index (χ2n) is 13.8. The minimum absolute atomic E-state index is 0.0479. The van der Waals surface area contributed by atoms with E-state index in [0.717, 1.165) is 24.8 Å². The molecule has 3 aliphatic carbocycles. The molecule has 5 aliphatic rings. The average molecular weight is 576 g/mol. The zero-order valence-corrected chi connectivity index (χ0v) is 25.8. The first-order valence-electron chi connectivity index (χ1n) is 15.7. The summed E-state index contributed by atoms with van der Waals surface area (Å²) in [6.45, 7) is 12.0. The van der Waals surface area contributed by atoms with Crippen molar-refractivity contribution in [2.75, 3.05) is 19.8 Å². The first-order valence-corrected chi connectivity index (χ1v) is 15.7. The number of ether oxygens (including phenoxy) is 1. The van der Waals surface area contributed by atoms with E-state index in [0.29, 0.717) is 31.4 Å². The van der Waals surface area contributed by atoms with Crippen LogP contribution in [0.3, 0.4) is 0 Å². The fourth-order valence-corrected chi connectivity index (χ4v) is 7.74. The zero-order chi connectivity index (χ0) is 30.1. The Bertz CT molecular complexity index is 1210. The maximum absolute atomic E-state index is 13.2. The maximum Gasteiger partial charge on any atom is 0.482 e. The smallest absolute Gasteiger partial charge is 0.404 e. The molecule has 6 atom stereocenters. The number of benzene rings is 1. The molecule has 8 nitrogen and oxygen atoms in total. The van der Waals surface area contributed by atoms with E-state index in [1.807, 2.05) is 32.0 Å². The number of rotatable bonds is 11. The van der Waals surface area contributed by atoms with Gasteiger partial charge in [-0.1, -0.05) is 64.1 Å². The van der Waals surface area contributed by atoms with E-state index in [1.54, 1.807) is 11.0 Å². The van der Waals surface area contributed by atoms with Gasteiger partial charge >= 0.3 is 7.12 Å². The molecule has 2 aliphatic heterocycles. The fourth-order valence-electron chi connectivity index (χ4n) is 7.74. The van der Waals surface area contributed by atoms with Crippen LogP contribution in [0.1, 0.15) is 72.3 Å². The van der Waals surface area contributed by atoms with Crippen molar-refractivity contribution in [1.82, 2.24) is 10.2 Å². The third-order valence-corrected chi connectivity index (χ3v) is 10.2. The topological polar surface area (TPSA) is 101 Å². The van der Waals surface area contributed by atoms with Gasteiger partial charge in [0.15, 0.2) is 0 Å². The van der Waals surface area contributed by atoms with E-state index < -0.39 is 7.12 Å². The van der Waals surface area contributed by atoms with Crippen molar-refractivity contribution in [3.8, 4) is 6.07 Å². The molecule has 5 fully saturated rings. The molecule has 1 N–H and O–H groups in total. The lowest BCUT2D eigenvalue weighted by Crippen LogP contribution is -2.65. The van der Waals surface area contributed by atoms with Gasteiger partial charge in [-0.05, 0) is 67.8 Å². The number of nitrogens with zero attached hydrogens (tertiary/aromatic N) is 2. The van der Waals surface area contributed by atoms with Crippen molar-refractivity contribution in [3.63, 3.8) is 0 Å². The molecule has 226 valence electrons. The lowest BCUT2D eigenvalue weighted by Gasteiger charge is -2.64. The molecule has 2 saturated heterocycles. The van der Waals surface area contributed by atoms with Crippen LogP contribution in [0.2, 0.25) is 0 Å². The Morgan fingerprint density at radius 1 is 1.24 bits per heavy atom. The molecule has 0 aromatic heterocycles. The molecule has 9 heteroatoms. The Kier molecular flexibility index (Phi) is 9.17. The Balaban J connectivity index is 1.16. The number of carbonyl (C=O) groups is 2. The molecule has 1 aromatic carbocycles. The van der Waals surface area contributed by atoms with Gasteiger partial charge in [0.05, 0.1) is 36.9 Å². The second-order valence-corrected chi connectivity index (χ2v) is 13.8. The zero-order valence-electron chi connectivity index (χ0n) is 25.8. The lowest BCUT2D eigenvalue weighted by molar-refractivity contribution is -0.199. The standard InChI is InChI=1S/C33H46BN3O5/c1-22(2)16-24(20-35)31(39)37-14-9-12-26(37)21-40-15-13-30(38)36-29(17-23-10-7-6-8-11-23)34-41-28-19-25-18-27(32(25,3)4)33(28,5)42-34/h6-8,10-11,16,22,25-29H,9,12-15,17-19,21H2,1-5H3,(H,36,38)/t25-,26?,27-,28+,29+,33-/m0/s1. The maximum atomic E-state index is 13.2. The van der Waals surface area contributed by atoms with Crippen LogP contribution >= 0.6 is 0 Å². The summed E-state index contributed by atoms with van der Waals surface area (Å²) in [6, 6.07) is 12.1. The van der Waals surface area contributed by atoms with E-state index in [-0.39, 0.29) is 65.4 Å². The van der Waals surface area contributed by atoms with Crippen molar-refractivity contribution >= 4 is 18.9 Å². The highest BCUT2D eigenvalue weighted by molar-refractivity contribution is 6.48. The Hall–Kier alpha value is -2.67. The van der Waals surface area contributed by atoms with Crippen LogP contribution in [0, 0.1) is 34.5 Å². The van der Waals surface area contributed by atoms with Gasteiger partial charge in [0.1, 0.15) is 11.6 Å². The van der Waals surface area contributed by atoms with Gasteiger partial charge in [0.2, 0.25) is 5.91 Å². The highest BCUT2D eigenvalue weighted by Gasteiger charge is 2.68. The van der Waals surface area contributed by atoms with Gasteiger partial charge in [0.25, 0.3) is 5.91 Å². The molecule has 2 heterocycles. The van der Waals surface area contributed by atoms with Crippen molar-refractivity contribution in [1.29, 1.82) is 5.26 Å². The largest absolute Gasteiger partial charge is 0.482 e. The predicted octanol–water partition coefficient (Wildman–Crippen LogP) is 4.49. The number of carbonyl (C=O) groups excluding carboxylic acids is 2. The molecule has 2 amide bonds. The van der Waals surface area contributed by atoms with Crippen LogP contribution in [-0.4, -0.2) is 67.3 Å². The van der Waals surface area contributed by atoms with Crippen molar-refractivity contribution in [2.24, 2.45) is 23.2 Å². The number of hydrogen-bond acceptors (Lipinski definition) is 6. The van der Waals surface area contributed by atoms with Crippen LogP contribution in [0.25, 0.3) is 0 Å². The summed E-state index contributed by atoms with van der Waals surface area (Å²) >= 11 is 0. The molecule has 2 bridgehead atoms. The molecule has 0 spiro atoms. The summed E-state index contributed by atoms with van der Waals surface area (Å²) in [7, 11) is -0.508. The van der Waals surface area contributed by atoms with Crippen molar-refractivity contribution in [2.45, 2.75) is 96.8 Å². The third kappa shape index (κ3) is 6.18. The number of allylic oxidation sites excluding steroid dienone is 1. The van der Waals surface area contributed by atoms with E-state index in [1.165, 1.54) is 6.42 Å². The first-order chi connectivity index (χ1) is 20.0. The number of nitriles is 1. The van der Waals surface area contributed by atoms with E-state index >= 15 is 0 Å². The monoisotopic (exact) mass is 575 g/mol. The lowest BCUT2D eigenvalue weighted by atomic mass is 9.43. The second kappa shape index (κ2) is 12.5. The van der Waals surface area contributed by atoms with Gasteiger partial charge in [-0.15, -0.1) is 0 Å². The predicted molar refractivity (Wildman–Crippen MR) is 161 cm³/mol. The number of likely N-dealkylation sites (tertiary alicyclic amines) is 1. The Morgan fingerprint density at radius 3 is 2.69 bits per heavy atom. The highest BCUT2D eigenvalue weighted by atomic mass is 16.7. The molecule has 1 unspecified atom stereocenters. The van der Waals surface area contributed by atoms with E-state index in [9.17, 15) is 14.9 Å². The van der Waals surface area contributed by atoms with Crippen LogP contribution in [-0.2, 0) is 30.1 Å². The SMILES string of the molecule is CC(C)C=C(C#N)C(=O)N1CCCC1COCCC(=O)N[C@H](Cc1ccccc1)B1O[C@@H]2C[C@@H]3C[C@@H](C3(C)C)[C@]2(C)O1. The van der Waals surface area contributed by atoms with E-state index in [2.05, 4.69) is 44.3 Å². The number of nitrogens with one attached hydrogen (secondary N) is 1. The van der Waals surface area contributed by atoms with Gasteiger partial charge in [-0.25, -0.2) is 0 Å². The summed E-state index contributed by atoms with van der Waals surface area (Å²) in [6.07, 6.45) is 6.46. The molecule has 1 aromatic rings. The van der Waals surface area contributed by atoms with Gasteiger partial charge < -0.3 is 24.3 Å². The third-order valence-electron chi connectivity index (χ3n) is 10.2. The number of hydrogen-bond donors (Lipinski definition) is 1. The summed E-state index contributed by atoms with van der Waals surface area (Å²) < 4.78 is 19.2. The molecular formula is C33H46BN3O5. The minimum Gasteiger partial charge on any atom is -0.404 e. The quantitative estimate of drug-likeness (QED) is 0.181. The number of amides is 2. The van der Waals surface area contributed by atoms with Crippen LogP contribution in [0.5, 0.6) is 0 Å². The molecule has 42 heavy (non-hydrogen) atoms.